The molecular formula is C25H28N4S. The summed E-state index contributed by atoms with van der Waals surface area (Å²) in [6, 6.07) is 20.1. The van der Waals surface area contributed by atoms with Crippen molar-refractivity contribution in [2.24, 2.45) is 4.99 Å². The Bertz CT molecular complexity index is 1060. The number of amidine groups is 1. The summed E-state index contributed by atoms with van der Waals surface area (Å²) < 4.78 is 2.45. The van der Waals surface area contributed by atoms with Crippen molar-refractivity contribution in [1.29, 1.82) is 0 Å². The lowest BCUT2D eigenvalue weighted by Gasteiger charge is -2.32. The maximum absolute atomic E-state index is 5.17. The van der Waals surface area contributed by atoms with Crippen LogP contribution in [0, 0.1) is 13.8 Å². The van der Waals surface area contributed by atoms with E-state index in [4.69, 9.17) is 9.98 Å². The van der Waals surface area contributed by atoms with Crippen LogP contribution in [0.1, 0.15) is 53.6 Å². The van der Waals surface area contributed by atoms with Crippen molar-refractivity contribution in [3.63, 3.8) is 0 Å². The van der Waals surface area contributed by atoms with Crippen LogP contribution in [0.5, 0.6) is 0 Å². The number of fused-ring (bicyclic) bond motifs is 1. The third-order valence-corrected chi connectivity index (χ3v) is 7.57. The number of benzene rings is 1. The summed E-state index contributed by atoms with van der Waals surface area (Å²) in [6.07, 6.45) is 3.03. The standard InChI is InChI=1S/C25H28N4S/c1-4-20-16-30-25-27-23(22-12-8-9-13-26-22)24(29(20)25)21-14-17(2)28(18(21)3)15-19-10-6-5-7-11-19/h5-14,20,23-24H,4,15-16H2,1-3H3/t20-,23-,24-/m1/s1. The largest absolute Gasteiger partial charge is 0.344 e. The van der Waals surface area contributed by atoms with Crippen LogP contribution >= 0.6 is 11.8 Å². The number of hydrogen-bond donors (Lipinski definition) is 0. The molecule has 0 aliphatic carbocycles. The van der Waals surface area contributed by atoms with Crippen LogP contribution in [-0.4, -0.2) is 31.4 Å². The highest BCUT2D eigenvalue weighted by Gasteiger charge is 2.46. The molecule has 1 aromatic carbocycles. The predicted octanol–water partition coefficient (Wildman–Crippen LogP) is 5.53. The molecule has 30 heavy (non-hydrogen) atoms. The molecule has 4 heterocycles. The number of thioether (sulfide) groups is 1. The molecule has 154 valence electrons. The molecule has 0 unspecified atom stereocenters. The van der Waals surface area contributed by atoms with Crippen molar-refractivity contribution in [1.82, 2.24) is 14.5 Å². The van der Waals surface area contributed by atoms with Crippen LogP contribution in [0.4, 0.5) is 0 Å². The monoisotopic (exact) mass is 416 g/mol. The molecule has 1 fully saturated rings. The number of pyridine rings is 1. The van der Waals surface area contributed by atoms with E-state index in [-0.39, 0.29) is 12.1 Å². The van der Waals surface area contributed by atoms with Gasteiger partial charge in [0.15, 0.2) is 5.17 Å². The number of hydrogen-bond acceptors (Lipinski definition) is 4. The van der Waals surface area contributed by atoms with E-state index in [1.807, 2.05) is 24.0 Å². The van der Waals surface area contributed by atoms with Crippen molar-refractivity contribution in [2.45, 2.75) is 51.9 Å². The summed E-state index contributed by atoms with van der Waals surface area (Å²) >= 11 is 1.90. The summed E-state index contributed by atoms with van der Waals surface area (Å²) in [5.41, 5.74) is 6.43. The minimum atomic E-state index is 0.0497. The van der Waals surface area contributed by atoms with Gasteiger partial charge in [-0.2, -0.15) is 0 Å². The van der Waals surface area contributed by atoms with Crippen molar-refractivity contribution in [3.8, 4) is 0 Å². The Morgan fingerprint density at radius 3 is 2.60 bits per heavy atom. The highest BCUT2D eigenvalue weighted by atomic mass is 32.2. The minimum Gasteiger partial charge on any atom is -0.344 e. The van der Waals surface area contributed by atoms with Crippen molar-refractivity contribution in [3.05, 3.63) is 89.0 Å². The van der Waals surface area contributed by atoms with Crippen LogP contribution in [0.3, 0.4) is 0 Å². The van der Waals surface area contributed by atoms with E-state index in [1.165, 1.54) is 27.7 Å². The van der Waals surface area contributed by atoms with Crippen LogP contribution in [-0.2, 0) is 6.54 Å². The second kappa shape index (κ2) is 7.95. The molecule has 4 nitrogen and oxygen atoms in total. The van der Waals surface area contributed by atoms with Gasteiger partial charge in [-0.15, -0.1) is 0 Å². The molecule has 0 saturated carbocycles. The van der Waals surface area contributed by atoms with Crippen LogP contribution < -0.4 is 0 Å². The number of nitrogens with zero attached hydrogens (tertiary/aromatic N) is 4. The molecule has 0 amide bonds. The first-order chi connectivity index (χ1) is 14.7. The Kier molecular flexibility index (Phi) is 5.15. The molecule has 2 aliphatic heterocycles. The van der Waals surface area contributed by atoms with Gasteiger partial charge in [0, 0.05) is 35.9 Å². The summed E-state index contributed by atoms with van der Waals surface area (Å²) in [7, 11) is 0. The Morgan fingerprint density at radius 2 is 1.87 bits per heavy atom. The molecule has 3 aromatic rings. The molecular weight excluding hydrogens is 388 g/mol. The number of aryl methyl sites for hydroxylation is 1. The molecule has 0 bridgehead atoms. The summed E-state index contributed by atoms with van der Waals surface area (Å²) in [4.78, 5) is 12.4. The number of aromatic nitrogens is 2. The number of rotatable bonds is 5. The van der Waals surface area contributed by atoms with Gasteiger partial charge in [-0.1, -0.05) is 55.1 Å². The van der Waals surface area contributed by atoms with Crippen molar-refractivity contribution in [2.75, 3.05) is 5.75 Å². The minimum absolute atomic E-state index is 0.0497. The van der Waals surface area contributed by atoms with Crippen molar-refractivity contribution < 1.29 is 0 Å². The van der Waals surface area contributed by atoms with Crippen LogP contribution in [0.2, 0.25) is 0 Å². The van der Waals surface area contributed by atoms with E-state index in [9.17, 15) is 0 Å². The highest BCUT2D eigenvalue weighted by molar-refractivity contribution is 8.14. The topological polar surface area (TPSA) is 33.4 Å². The Hall–Kier alpha value is -2.53. The van der Waals surface area contributed by atoms with Gasteiger partial charge in [-0.3, -0.25) is 9.98 Å². The molecule has 0 N–H and O–H groups in total. The van der Waals surface area contributed by atoms with Crippen LogP contribution in [0.25, 0.3) is 0 Å². The van der Waals surface area contributed by atoms with E-state index < -0.39 is 0 Å². The second-order valence-electron chi connectivity index (χ2n) is 8.23. The first kappa shape index (κ1) is 19.4. The molecule has 1 saturated heterocycles. The lowest BCUT2D eigenvalue weighted by Crippen LogP contribution is -2.35. The van der Waals surface area contributed by atoms with Crippen molar-refractivity contribution >= 4 is 16.9 Å². The van der Waals surface area contributed by atoms with Gasteiger partial charge in [0.1, 0.15) is 6.04 Å². The third-order valence-electron chi connectivity index (χ3n) is 6.44. The van der Waals surface area contributed by atoms with Crippen LogP contribution in [0.15, 0.2) is 65.8 Å². The van der Waals surface area contributed by atoms with E-state index in [2.05, 4.69) is 78.8 Å². The zero-order chi connectivity index (χ0) is 20.7. The van der Waals surface area contributed by atoms with Gasteiger partial charge >= 0.3 is 0 Å². The maximum Gasteiger partial charge on any atom is 0.160 e. The molecule has 2 aromatic heterocycles. The maximum atomic E-state index is 5.17. The fourth-order valence-corrected chi connectivity index (χ4v) is 6.16. The normalized spacial score (nSPS) is 23.0. The Balaban J connectivity index is 1.57. The number of aliphatic imine (C=N–C) groups is 1. The van der Waals surface area contributed by atoms with Gasteiger partial charge in [-0.25, -0.2) is 0 Å². The summed E-state index contributed by atoms with van der Waals surface area (Å²) in [6.45, 7) is 7.68. The molecule has 5 rings (SSSR count). The van der Waals surface area contributed by atoms with E-state index in [0.717, 1.165) is 24.4 Å². The van der Waals surface area contributed by atoms with Gasteiger partial charge in [-0.05, 0) is 49.6 Å². The quantitative estimate of drug-likeness (QED) is 0.548. The smallest absolute Gasteiger partial charge is 0.160 e. The van der Waals surface area contributed by atoms with Gasteiger partial charge in [0.25, 0.3) is 0 Å². The highest BCUT2D eigenvalue weighted by Crippen LogP contribution is 2.49. The molecule has 5 heteroatoms. The summed E-state index contributed by atoms with van der Waals surface area (Å²) in [5, 5.41) is 1.19. The molecule has 3 atom stereocenters. The molecule has 0 spiro atoms. The van der Waals surface area contributed by atoms with E-state index in [0.29, 0.717) is 6.04 Å². The first-order valence-corrected chi connectivity index (χ1v) is 11.8. The zero-order valence-electron chi connectivity index (χ0n) is 17.8. The van der Waals surface area contributed by atoms with E-state index in [1.54, 1.807) is 0 Å². The lowest BCUT2D eigenvalue weighted by molar-refractivity contribution is 0.254. The van der Waals surface area contributed by atoms with Gasteiger partial charge in [0.2, 0.25) is 0 Å². The predicted molar refractivity (Wildman–Crippen MR) is 125 cm³/mol. The van der Waals surface area contributed by atoms with Gasteiger partial charge in [0.05, 0.1) is 11.7 Å². The summed E-state index contributed by atoms with van der Waals surface area (Å²) in [5.74, 6) is 1.13. The SMILES string of the molecule is CC[C@@H]1CSC2=N[C@H](c3ccccn3)[C@@H](c3cc(C)n(Cc4ccccc4)c3C)N21. The van der Waals surface area contributed by atoms with Gasteiger partial charge < -0.3 is 9.47 Å². The fraction of sp³-hybridized carbons (Fsp3) is 0.360. The Morgan fingerprint density at radius 1 is 1.07 bits per heavy atom. The average Bonchev–Trinajstić information content (AvgIpc) is 3.43. The first-order valence-electron chi connectivity index (χ1n) is 10.8. The lowest BCUT2D eigenvalue weighted by atomic mass is 9.95. The molecule has 0 radical (unpaired) electrons. The zero-order valence-corrected chi connectivity index (χ0v) is 18.6. The molecule has 2 aliphatic rings. The third kappa shape index (κ3) is 3.25. The van der Waals surface area contributed by atoms with E-state index >= 15 is 0 Å². The average molecular weight is 417 g/mol. The second-order valence-corrected chi connectivity index (χ2v) is 9.22. The fourth-order valence-electron chi connectivity index (χ4n) is 4.82. The Labute approximate surface area is 183 Å².